The van der Waals surface area contributed by atoms with E-state index in [0.29, 0.717) is 0 Å². The van der Waals surface area contributed by atoms with E-state index in [9.17, 15) is 0 Å². The largest absolute Gasteiger partial charge is 0.373 e. The first-order valence-electron chi connectivity index (χ1n) is 6.45. The summed E-state index contributed by atoms with van der Waals surface area (Å²) in [6.07, 6.45) is 1.24. The van der Waals surface area contributed by atoms with Gasteiger partial charge < -0.3 is 10.2 Å². The van der Waals surface area contributed by atoms with Gasteiger partial charge >= 0.3 is 0 Å². The predicted molar refractivity (Wildman–Crippen MR) is 72.7 cm³/mol. The zero-order valence-electron chi connectivity index (χ0n) is 10.8. The Bertz CT molecular complexity index is 345. The van der Waals surface area contributed by atoms with Crippen molar-refractivity contribution in [2.75, 3.05) is 50.0 Å². The monoisotopic (exact) mass is 234 g/mol. The average molecular weight is 234 g/mol. The molecule has 4 nitrogen and oxygen atoms in total. The molecule has 1 aliphatic heterocycles. The summed E-state index contributed by atoms with van der Waals surface area (Å²) >= 11 is 0. The van der Waals surface area contributed by atoms with Gasteiger partial charge in [-0.25, -0.2) is 4.98 Å². The van der Waals surface area contributed by atoms with E-state index in [-0.39, 0.29) is 0 Å². The van der Waals surface area contributed by atoms with Gasteiger partial charge in [-0.2, -0.15) is 0 Å². The van der Waals surface area contributed by atoms with E-state index in [1.165, 1.54) is 13.0 Å². The van der Waals surface area contributed by atoms with Crippen LogP contribution in [0, 0.1) is 0 Å². The topological polar surface area (TPSA) is 31.4 Å². The Morgan fingerprint density at radius 2 is 2.00 bits per heavy atom. The highest BCUT2D eigenvalue weighted by Gasteiger charge is 2.17. The van der Waals surface area contributed by atoms with Crippen LogP contribution in [-0.2, 0) is 0 Å². The Morgan fingerprint density at radius 1 is 1.24 bits per heavy atom. The van der Waals surface area contributed by atoms with Crippen molar-refractivity contribution in [3.63, 3.8) is 0 Å². The molecule has 0 amide bonds. The maximum atomic E-state index is 4.58. The number of pyridine rings is 1. The molecule has 94 valence electrons. The van der Waals surface area contributed by atoms with Gasteiger partial charge in [0.2, 0.25) is 0 Å². The molecule has 1 fully saturated rings. The Morgan fingerprint density at radius 3 is 2.65 bits per heavy atom. The molecule has 1 N–H and O–H groups in total. The maximum absolute atomic E-state index is 4.58. The Labute approximate surface area is 104 Å². The molecular weight excluding hydrogens is 212 g/mol. The molecule has 0 aliphatic carbocycles. The summed E-state index contributed by atoms with van der Waals surface area (Å²) in [5.41, 5.74) is 0. The molecule has 0 atom stereocenters. The smallest absolute Gasteiger partial charge is 0.131 e. The third kappa shape index (κ3) is 3.09. The third-order valence-corrected chi connectivity index (χ3v) is 3.23. The van der Waals surface area contributed by atoms with Crippen molar-refractivity contribution in [1.29, 1.82) is 0 Å². The summed E-state index contributed by atoms with van der Waals surface area (Å²) in [4.78, 5) is 9.48. The van der Waals surface area contributed by atoms with Crippen molar-refractivity contribution >= 4 is 11.6 Å². The van der Waals surface area contributed by atoms with Crippen LogP contribution in [0.3, 0.4) is 0 Å². The highest BCUT2D eigenvalue weighted by molar-refractivity contribution is 5.47. The van der Waals surface area contributed by atoms with Gasteiger partial charge in [-0.05, 0) is 25.1 Å². The summed E-state index contributed by atoms with van der Waals surface area (Å²) in [5.74, 6) is 2.03. The highest BCUT2D eigenvalue weighted by Crippen LogP contribution is 2.16. The van der Waals surface area contributed by atoms with Crippen LogP contribution in [0.1, 0.15) is 13.3 Å². The molecule has 0 unspecified atom stereocenters. The fourth-order valence-corrected chi connectivity index (χ4v) is 2.26. The molecule has 17 heavy (non-hydrogen) atoms. The van der Waals surface area contributed by atoms with Gasteiger partial charge in [-0.15, -0.1) is 0 Å². The van der Waals surface area contributed by atoms with Gasteiger partial charge in [0.05, 0.1) is 0 Å². The van der Waals surface area contributed by atoms with Crippen molar-refractivity contribution in [3.8, 4) is 0 Å². The van der Waals surface area contributed by atoms with Crippen LogP contribution >= 0.6 is 0 Å². The molecule has 0 aromatic carbocycles. The fraction of sp³-hybridized carbons (Fsp3) is 0.615. The molecule has 4 heteroatoms. The third-order valence-electron chi connectivity index (χ3n) is 3.23. The van der Waals surface area contributed by atoms with Gasteiger partial charge in [0.1, 0.15) is 11.6 Å². The first kappa shape index (κ1) is 12.2. The second kappa shape index (κ2) is 5.87. The van der Waals surface area contributed by atoms with Crippen molar-refractivity contribution in [3.05, 3.63) is 18.2 Å². The molecule has 0 spiro atoms. The van der Waals surface area contributed by atoms with E-state index in [4.69, 9.17) is 0 Å². The Kier molecular flexibility index (Phi) is 4.20. The summed E-state index contributed by atoms with van der Waals surface area (Å²) in [6, 6.07) is 6.15. The number of aromatic nitrogens is 1. The van der Waals surface area contributed by atoms with Crippen molar-refractivity contribution in [1.82, 2.24) is 9.88 Å². The number of hydrogen-bond donors (Lipinski definition) is 1. The lowest BCUT2D eigenvalue weighted by Crippen LogP contribution is -2.46. The van der Waals surface area contributed by atoms with Crippen molar-refractivity contribution < 1.29 is 0 Å². The molecule has 1 aromatic rings. The molecule has 2 heterocycles. The fourth-order valence-electron chi connectivity index (χ4n) is 2.26. The highest BCUT2D eigenvalue weighted by atomic mass is 15.3. The maximum Gasteiger partial charge on any atom is 0.131 e. The SMILES string of the molecule is CCCN1CCN(c2cccc(NC)n2)CC1. The number of nitrogens with zero attached hydrogens (tertiary/aromatic N) is 3. The standard InChI is InChI=1S/C13H22N4/c1-3-7-16-8-10-17(11-9-16)13-6-4-5-12(14-2)15-13/h4-6H,3,7-11H2,1-2H3,(H,14,15). The van der Waals surface area contributed by atoms with Crippen LogP contribution in [0.25, 0.3) is 0 Å². The number of nitrogens with one attached hydrogen (secondary N) is 1. The molecule has 2 rings (SSSR count). The molecule has 0 saturated carbocycles. The van der Waals surface area contributed by atoms with E-state index in [0.717, 1.165) is 37.8 Å². The van der Waals surface area contributed by atoms with Crippen LogP contribution in [0.4, 0.5) is 11.6 Å². The first-order valence-corrected chi connectivity index (χ1v) is 6.45. The summed E-state index contributed by atoms with van der Waals surface area (Å²) in [5, 5.41) is 3.09. The van der Waals surface area contributed by atoms with E-state index >= 15 is 0 Å². The number of anilines is 2. The molecular formula is C13H22N4. The summed E-state index contributed by atoms with van der Waals surface area (Å²) < 4.78 is 0. The number of rotatable bonds is 4. The number of hydrogen-bond acceptors (Lipinski definition) is 4. The zero-order valence-corrected chi connectivity index (χ0v) is 10.8. The first-order chi connectivity index (χ1) is 8.33. The summed E-state index contributed by atoms with van der Waals surface area (Å²) in [7, 11) is 1.91. The second-order valence-corrected chi connectivity index (χ2v) is 4.46. The summed E-state index contributed by atoms with van der Waals surface area (Å²) in [6.45, 7) is 7.93. The molecule has 0 radical (unpaired) electrons. The minimum absolute atomic E-state index is 0.943. The minimum atomic E-state index is 0.943. The van der Waals surface area contributed by atoms with Crippen LogP contribution < -0.4 is 10.2 Å². The van der Waals surface area contributed by atoms with E-state index in [1.807, 2.05) is 13.1 Å². The normalized spacial score (nSPS) is 17.2. The van der Waals surface area contributed by atoms with Crippen molar-refractivity contribution in [2.45, 2.75) is 13.3 Å². The van der Waals surface area contributed by atoms with E-state index in [2.05, 4.69) is 39.2 Å². The van der Waals surface area contributed by atoms with Crippen LogP contribution in [0.2, 0.25) is 0 Å². The zero-order chi connectivity index (χ0) is 12.1. The predicted octanol–water partition coefficient (Wildman–Crippen LogP) is 1.66. The van der Waals surface area contributed by atoms with Crippen LogP contribution in [0.15, 0.2) is 18.2 Å². The van der Waals surface area contributed by atoms with Gasteiger partial charge in [0.15, 0.2) is 0 Å². The van der Waals surface area contributed by atoms with E-state index in [1.54, 1.807) is 0 Å². The molecule has 1 aliphatic rings. The van der Waals surface area contributed by atoms with Crippen LogP contribution in [-0.4, -0.2) is 49.7 Å². The van der Waals surface area contributed by atoms with Gasteiger partial charge in [0.25, 0.3) is 0 Å². The lowest BCUT2D eigenvalue weighted by Gasteiger charge is -2.35. The Hall–Kier alpha value is -1.29. The number of piperazine rings is 1. The Balaban J connectivity index is 1.95. The van der Waals surface area contributed by atoms with Gasteiger partial charge in [0, 0.05) is 33.2 Å². The van der Waals surface area contributed by atoms with Gasteiger partial charge in [-0.3, -0.25) is 4.90 Å². The van der Waals surface area contributed by atoms with Gasteiger partial charge in [-0.1, -0.05) is 13.0 Å². The average Bonchev–Trinajstić information content (AvgIpc) is 2.40. The lowest BCUT2D eigenvalue weighted by atomic mass is 10.3. The molecule has 0 bridgehead atoms. The molecule has 1 saturated heterocycles. The van der Waals surface area contributed by atoms with Crippen LogP contribution in [0.5, 0.6) is 0 Å². The van der Waals surface area contributed by atoms with Crippen molar-refractivity contribution in [2.24, 2.45) is 0 Å². The quantitative estimate of drug-likeness (QED) is 0.858. The minimum Gasteiger partial charge on any atom is -0.373 e. The lowest BCUT2D eigenvalue weighted by molar-refractivity contribution is 0.258. The van der Waals surface area contributed by atoms with E-state index < -0.39 is 0 Å². The molecule has 1 aromatic heterocycles. The second-order valence-electron chi connectivity index (χ2n) is 4.46.